The Labute approximate surface area is 154 Å². The van der Waals surface area contributed by atoms with E-state index in [2.05, 4.69) is 0 Å². The molecule has 2 unspecified atom stereocenters. The largest absolute Gasteiger partial charge is 0.507 e. The molecule has 5 heteroatoms. The van der Waals surface area contributed by atoms with Crippen LogP contribution in [0.1, 0.15) is 22.8 Å². The van der Waals surface area contributed by atoms with Gasteiger partial charge >= 0.3 is 0 Å². The Bertz CT molecular complexity index is 923. The molecule has 4 nitrogen and oxygen atoms in total. The molecule has 0 heterocycles. The van der Waals surface area contributed by atoms with E-state index in [4.69, 9.17) is 4.74 Å². The van der Waals surface area contributed by atoms with Gasteiger partial charge in [-0.15, -0.1) is 0 Å². The molecule has 3 aromatic rings. The topological polar surface area (TPSA) is 63.6 Å². The number of benzene rings is 3. The summed E-state index contributed by atoms with van der Waals surface area (Å²) in [6.07, 6.45) is 0. The lowest BCUT2D eigenvalue weighted by atomic mass is 10.0. The lowest BCUT2D eigenvalue weighted by Gasteiger charge is -2.15. The molecule has 0 radical (unpaired) electrons. The van der Waals surface area contributed by atoms with Gasteiger partial charge in [0.1, 0.15) is 11.5 Å². The monoisotopic (exact) mass is 366 g/mol. The van der Waals surface area contributed by atoms with E-state index in [0.29, 0.717) is 16.2 Å². The fraction of sp³-hybridized carbons (Fsp3) is 0.0952. The van der Waals surface area contributed by atoms with E-state index in [1.54, 1.807) is 49.4 Å². The van der Waals surface area contributed by atoms with E-state index in [0.717, 1.165) is 0 Å². The smallest absolute Gasteiger partial charge is 0.196 e. The van der Waals surface area contributed by atoms with Gasteiger partial charge in [0.25, 0.3) is 0 Å². The summed E-state index contributed by atoms with van der Waals surface area (Å²) < 4.78 is 18.1. The number of ether oxygens (including phenoxy) is 1. The van der Waals surface area contributed by atoms with Crippen LogP contribution in [0.4, 0.5) is 0 Å². The van der Waals surface area contributed by atoms with Gasteiger partial charge in [-0.2, -0.15) is 0 Å². The van der Waals surface area contributed by atoms with E-state index in [9.17, 15) is 14.1 Å². The fourth-order valence-electron chi connectivity index (χ4n) is 2.50. The van der Waals surface area contributed by atoms with Crippen LogP contribution < -0.4 is 4.74 Å². The molecule has 0 aliphatic heterocycles. The van der Waals surface area contributed by atoms with Gasteiger partial charge in [0.15, 0.2) is 11.2 Å². The molecular weight excluding hydrogens is 348 g/mol. The van der Waals surface area contributed by atoms with E-state index in [1.165, 1.54) is 12.1 Å². The first-order valence-corrected chi connectivity index (χ1v) is 9.32. The number of hydrogen-bond acceptors (Lipinski definition) is 4. The predicted octanol–water partition coefficient (Wildman–Crippen LogP) is 4.16. The first-order chi connectivity index (χ1) is 12.6. The highest BCUT2D eigenvalue weighted by atomic mass is 32.2. The Kier molecular flexibility index (Phi) is 5.49. The number of rotatable bonds is 6. The minimum Gasteiger partial charge on any atom is -0.507 e. The van der Waals surface area contributed by atoms with Crippen LogP contribution >= 0.6 is 0 Å². The lowest BCUT2D eigenvalue weighted by molar-refractivity contribution is 0.103. The highest BCUT2D eigenvalue weighted by molar-refractivity contribution is 7.85. The van der Waals surface area contributed by atoms with Crippen molar-refractivity contribution in [3.05, 3.63) is 90.0 Å². The minimum absolute atomic E-state index is 0.172. The Morgan fingerprint density at radius 3 is 2.19 bits per heavy atom. The van der Waals surface area contributed by atoms with Gasteiger partial charge in [0.05, 0.1) is 16.4 Å². The molecule has 3 aromatic carbocycles. The number of carbonyl (C=O) groups is 1. The van der Waals surface area contributed by atoms with Gasteiger partial charge in [-0.3, -0.25) is 9.00 Å². The van der Waals surface area contributed by atoms with Gasteiger partial charge in [-0.1, -0.05) is 48.5 Å². The molecule has 0 bridgehead atoms. The number of phenolic OH excluding ortho intramolecular Hbond substituents is 1. The van der Waals surface area contributed by atoms with Crippen molar-refractivity contribution in [2.24, 2.45) is 0 Å². The summed E-state index contributed by atoms with van der Waals surface area (Å²) in [5.41, 5.74) is 0.0860. The maximum absolute atomic E-state index is 12.5. The molecule has 2 atom stereocenters. The van der Waals surface area contributed by atoms with Crippen molar-refractivity contribution >= 4 is 16.6 Å². The van der Waals surface area contributed by atoms with Gasteiger partial charge in [0, 0.05) is 16.5 Å². The highest BCUT2D eigenvalue weighted by Crippen LogP contribution is 2.27. The fourth-order valence-corrected chi connectivity index (χ4v) is 3.51. The summed E-state index contributed by atoms with van der Waals surface area (Å²) >= 11 is 0. The zero-order valence-electron chi connectivity index (χ0n) is 14.2. The van der Waals surface area contributed by atoms with Gasteiger partial charge in [-0.05, 0) is 31.2 Å². The second kappa shape index (κ2) is 7.97. The average Bonchev–Trinajstić information content (AvgIpc) is 2.68. The lowest BCUT2D eigenvalue weighted by Crippen LogP contribution is -2.18. The van der Waals surface area contributed by atoms with Crippen LogP contribution in [0.15, 0.2) is 83.8 Å². The van der Waals surface area contributed by atoms with Crippen molar-refractivity contribution in [1.82, 2.24) is 0 Å². The quantitative estimate of drug-likeness (QED) is 0.666. The van der Waals surface area contributed by atoms with Gasteiger partial charge in [-0.25, -0.2) is 0 Å². The molecule has 0 amide bonds. The third-order valence-electron chi connectivity index (χ3n) is 3.83. The second-order valence-corrected chi connectivity index (χ2v) is 7.40. The Balaban J connectivity index is 1.75. The number of hydrogen-bond donors (Lipinski definition) is 1. The van der Waals surface area contributed by atoms with Crippen LogP contribution in [0.3, 0.4) is 0 Å². The summed E-state index contributed by atoms with van der Waals surface area (Å²) in [5, 5.41) is 10.2. The third kappa shape index (κ3) is 4.00. The molecular formula is C21H18O4S. The van der Waals surface area contributed by atoms with Crippen molar-refractivity contribution in [2.45, 2.75) is 17.3 Å². The predicted molar refractivity (Wildman–Crippen MR) is 101 cm³/mol. The van der Waals surface area contributed by atoms with Crippen LogP contribution in [0.2, 0.25) is 0 Å². The van der Waals surface area contributed by atoms with Crippen LogP contribution in [0.5, 0.6) is 11.5 Å². The van der Waals surface area contributed by atoms with Crippen molar-refractivity contribution in [2.75, 3.05) is 0 Å². The third-order valence-corrected chi connectivity index (χ3v) is 5.26. The minimum atomic E-state index is -1.35. The summed E-state index contributed by atoms with van der Waals surface area (Å²) in [6.45, 7) is 1.70. The molecule has 1 N–H and O–H groups in total. The van der Waals surface area contributed by atoms with Crippen molar-refractivity contribution in [3.63, 3.8) is 0 Å². The second-order valence-electron chi connectivity index (χ2n) is 5.67. The van der Waals surface area contributed by atoms with E-state index < -0.39 is 16.2 Å². The molecule has 0 saturated heterocycles. The molecule has 0 aliphatic carbocycles. The Morgan fingerprint density at radius 1 is 0.962 bits per heavy atom. The standard InChI is InChI=1S/C21H18O4S/c1-15(26(24)18-10-6-3-7-11-18)25-17-12-13-19(20(22)14-17)21(23)16-8-4-2-5-9-16/h2-15,22H,1H3. The van der Waals surface area contributed by atoms with E-state index >= 15 is 0 Å². The zero-order valence-corrected chi connectivity index (χ0v) is 15.0. The van der Waals surface area contributed by atoms with E-state index in [1.807, 2.05) is 24.3 Å². The molecule has 26 heavy (non-hydrogen) atoms. The first kappa shape index (κ1) is 17.9. The summed E-state index contributed by atoms with van der Waals surface area (Å²) in [6, 6.07) is 22.2. The number of ketones is 1. The van der Waals surface area contributed by atoms with Crippen molar-refractivity contribution in [1.29, 1.82) is 0 Å². The molecule has 0 aromatic heterocycles. The average molecular weight is 366 g/mol. The maximum Gasteiger partial charge on any atom is 0.196 e. The number of phenols is 1. The molecule has 0 fully saturated rings. The maximum atomic E-state index is 12.5. The molecule has 0 saturated carbocycles. The van der Waals surface area contributed by atoms with E-state index in [-0.39, 0.29) is 17.1 Å². The zero-order chi connectivity index (χ0) is 18.5. The Morgan fingerprint density at radius 2 is 1.58 bits per heavy atom. The highest BCUT2D eigenvalue weighted by Gasteiger charge is 2.17. The van der Waals surface area contributed by atoms with Crippen LogP contribution in [0, 0.1) is 0 Å². The van der Waals surface area contributed by atoms with Gasteiger partial charge < -0.3 is 9.84 Å². The summed E-state index contributed by atoms with van der Waals surface area (Å²) in [5.74, 6) is -0.0894. The van der Waals surface area contributed by atoms with Crippen molar-refractivity contribution < 1.29 is 18.8 Å². The SMILES string of the molecule is CC(Oc1ccc(C(=O)c2ccccc2)c(O)c1)S(=O)c1ccccc1. The molecule has 0 spiro atoms. The number of aromatic hydroxyl groups is 1. The van der Waals surface area contributed by atoms with Crippen LogP contribution in [-0.4, -0.2) is 20.5 Å². The summed E-state index contributed by atoms with van der Waals surface area (Å²) in [4.78, 5) is 13.1. The summed E-state index contributed by atoms with van der Waals surface area (Å²) in [7, 11) is -1.35. The van der Waals surface area contributed by atoms with Crippen LogP contribution in [0.25, 0.3) is 0 Å². The normalized spacial score (nSPS) is 13.0. The number of carbonyl (C=O) groups excluding carboxylic acids is 1. The van der Waals surface area contributed by atoms with Gasteiger partial charge in [0.2, 0.25) is 0 Å². The first-order valence-electron chi connectivity index (χ1n) is 8.11. The molecule has 0 aliphatic rings. The van der Waals surface area contributed by atoms with Crippen LogP contribution in [-0.2, 0) is 10.8 Å². The molecule has 132 valence electrons. The molecule has 3 rings (SSSR count). The van der Waals surface area contributed by atoms with Crippen molar-refractivity contribution in [3.8, 4) is 11.5 Å². The Hall–Kier alpha value is -2.92.